The van der Waals surface area contributed by atoms with Gasteiger partial charge in [-0.3, -0.25) is 0 Å². The minimum absolute atomic E-state index is 0.317. The van der Waals surface area contributed by atoms with Crippen LogP contribution in [0.1, 0.15) is 42.9 Å². The molecule has 0 amide bonds. The van der Waals surface area contributed by atoms with Crippen LogP contribution >= 0.6 is 11.6 Å². The highest BCUT2D eigenvalue weighted by Gasteiger charge is 2.40. The summed E-state index contributed by atoms with van der Waals surface area (Å²) < 4.78 is 2.22. The fourth-order valence-corrected chi connectivity index (χ4v) is 4.92. The Bertz CT molecular complexity index is 662. The zero-order chi connectivity index (χ0) is 14.4. The van der Waals surface area contributed by atoms with Gasteiger partial charge in [0.2, 0.25) is 0 Å². The van der Waals surface area contributed by atoms with Crippen LogP contribution in [-0.4, -0.2) is 9.55 Å². The van der Waals surface area contributed by atoms with Crippen LogP contribution in [0, 0.1) is 5.92 Å². The van der Waals surface area contributed by atoms with E-state index < -0.39 is 0 Å². The number of benzene rings is 1. The molecule has 0 N–H and O–H groups in total. The Morgan fingerprint density at radius 3 is 3.14 bits per heavy atom. The zero-order valence-corrected chi connectivity index (χ0v) is 13.2. The summed E-state index contributed by atoms with van der Waals surface area (Å²) in [7, 11) is 0. The van der Waals surface area contributed by atoms with Gasteiger partial charge in [0.1, 0.15) is 0 Å². The molecule has 2 aliphatic rings. The predicted octanol–water partition coefficient (Wildman–Crippen LogP) is 4.39. The fraction of sp³-hybridized carbons (Fsp3) is 0.500. The number of imidazole rings is 1. The smallest absolute Gasteiger partial charge is 0.0945 e. The molecule has 1 aromatic heterocycles. The highest BCUT2D eigenvalue weighted by molar-refractivity contribution is 6.31. The lowest BCUT2D eigenvalue weighted by Crippen LogP contribution is -2.37. The van der Waals surface area contributed by atoms with Crippen LogP contribution in [0.4, 0.5) is 0 Å². The van der Waals surface area contributed by atoms with Crippen molar-refractivity contribution in [2.75, 3.05) is 0 Å². The Labute approximate surface area is 131 Å². The molecule has 0 bridgehead atoms. The summed E-state index contributed by atoms with van der Waals surface area (Å²) in [5.41, 5.74) is 4.87. The van der Waals surface area contributed by atoms with Gasteiger partial charge in [0, 0.05) is 24.0 Å². The number of hydrogen-bond acceptors (Lipinski definition) is 1. The average molecular weight is 301 g/mol. The molecule has 2 nitrogen and oxygen atoms in total. The van der Waals surface area contributed by atoms with Gasteiger partial charge in [-0.2, -0.15) is 0 Å². The van der Waals surface area contributed by atoms with E-state index >= 15 is 0 Å². The van der Waals surface area contributed by atoms with Crippen molar-refractivity contribution in [3.63, 3.8) is 0 Å². The lowest BCUT2D eigenvalue weighted by Gasteiger charge is -2.44. The Morgan fingerprint density at radius 2 is 2.33 bits per heavy atom. The molecule has 0 aliphatic heterocycles. The standard InChI is InChI=1S/C18H21ClN2/c1-18-6-2-3-15-16(19)5-4-14(17(15)18)9-13(10-18)11-21-8-7-20-12-21/h4-5,7-8,12-13H,2-3,6,9-11H2,1H3. The molecule has 4 rings (SSSR count). The second kappa shape index (κ2) is 4.88. The van der Waals surface area contributed by atoms with Gasteiger partial charge in [-0.25, -0.2) is 4.98 Å². The van der Waals surface area contributed by atoms with Gasteiger partial charge in [-0.15, -0.1) is 0 Å². The summed E-state index contributed by atoms with van der Waals surface area (Å²) in [6.07, 6.45) is 12.1. The topological polar surface area (TPSA) is 17.8 Å². The van der Waals surface area contributed by atoms with Crippen molar-refractivity contribution in [3.8, 4) is 0 Å². The summed E-state index contributed by atoms with van der Waals surface area (Å²) in [5, 5.41) is 0.979. The van der Waals surface area contributed by atoms with Crippen molar-refractivity contribution in [1.29, 1.82) is 0 Å². The Hall–Kier alpha value is -1.28. The average Bonchev–Trinajstić information content (AvgIpc) is 2.94. The van der Waals surface area contributed by atoms with Crippen LogP contribution in [-0.2, 0) is 24.8 Å². The summed E-state index contributed by atoms with van der Waals surface area (Å²) in [6.45, 7) is 3.53. The molecule has 0 spiro atoms. The molecule has 2 unspecified atom stereocenters. The number of aromatic nitrogens is 2. The molecule has 0 radical (unpaired) electrons. The molecule has 2 atom stereocenters. The van der Waals surface area contributed by atoms with Crippen molar-refractivity contribution in [1.82, 2.24) is 9.55 Å². The van der Waals surface area contributed by atoms with E-state index in [2.05, 4.69) is 34.8 Å². The first-order chi connectivity index (χ1) is 10.2. The van der Waals surface area contributed by atoms with Crippen molar-refractivity contribution < 1.29 is 0 Å². The Balaban J connectivity index is 1.72. The van der Waals surface area contributed by atoms with Gasteiger partial charge in [0.05, 0.1) is 6.33 Å². The quantitative estimate of drug-likeness (QED) is 0.804. The molecular weight excluding hydrogens is 280 g/mol. The summed E-state index contributed by atoms with van der Waals surface area (Å²) >= 11 is 6.46. The van der Waals surface area contributed by atoms with Gasteiger partial charge in [0.25, 0.3) is 0 Å². The first kappa shape index (κ1) is 13.4. The minimum atomic E-state index is 0.317. The maximum atomic E-state index is 6.46. The predicted molar refractivity (Wildman–Crippen MR) is 85.8 cm³/mol. The second-order valence-corrected chi connectivity index (χ2v) is 7.42. The van der Waals surface area contributed by atoms with E-state index in [4.69, 9.17) is 11.6 Å². The second-order valence-electron chi connectivity index (χ2n) is 7.01. The summed E-state index contributed by atoms with van der Waals surface area (Å²) in [5.74, 6) is 0.698. The van der Waals surface area contributed by atoms with E-state index in [0.717, 1.165) is 18.0 Å². The SMILES string of the molecule is CC12CCCc3c(Cl)ccc(c31)CC(Cn1ccnc1)C2. The third-order valence-corrected chi connectivity index (χ3v) is 5.73. The van der Waals surface area contributed by atoms with Crippen LogP contribution in [0.25, 0.3) is 0 Å². The van der Waals surface area contributed by atoms with Crippen molar-refractivity contribution in [3.05, 3.63) is 52.6 Å². The Morgan fingerprint density at radius 1 is 1.43 bits per heavy atom. The van der Waals surface area contributed by atoms with Crippen LogP contribution < -0.4 is 0 Å². The molecule has 0 saturated heterocycles. The number of hydrogen-bond donors (Lipinski definition) is 0. The van der Waals surface area contributed by atoms with Gasteiger partial charge in [-0.1, -0.05) is 24.6 Å². The van der Waals surface area contributed by atoms with E-state index in [0.29, 0.717) is 11.3 Å². The maximum absolute atomic E-state index is 6.46. The molecule has 2 aliphatic carbocycles. The molecule has 0 fully saturated rings. The molecule has 1 heterocycles. The summed E-state index contributed by atoms with van der Waals surface area (Å²) in [6, 6.07) is 4.38. The van der Waals surface area contributed by atoms with E-state index in [1.807, 2.05) is 12.5 Å². The van der Waals surface area contributed by atoms with Gasteiger partial charge >= 0.3 is 0 Å². The number of halogens is 1. The summed E-state index contributed by atoms with van der Waals surface area (Å²) in [4.78, 5) is 4.17. The highest BCUT2D eigenvalue weighted by atomic mass is 35.5. The molecule has 0 saturated carbocycles. The maximum Gasteiger partial charge on any atom is 0.0945 e. The van der Waals surface area contributed by atoms with Gasteiger partial charge in [-0.05, 0) is 66.2 Å². The van der Waals surface area contributed by atoms with Crippen molar-refractivity contribution >= 4 is 11.6 Å². The highest BCUT2D eigenvalue weighted by Crippen LogP contribution is 2.49. The lowest BCUT2D eigenvalue weighted by molar-refractivity contribution is 0.251. The van der Waals surface area contributed by atoms with E-state index in [9.17, 15) is 0 Å². The van der Waals surface area contributed by atoms with Crippen molar-refractivity contribution in [2.24, 2.45) is 5.92 Å². The van der Waals surface area contributed by atoms with Crippen LogP contribution in [0.5, 0.6) is 0 Å². The molecule has 110 valence electrons. The van der Waals surface area contributed by atoms with Crippen LogP contribution in [0.2, 0.25) is 5.02 Å². The number of nitrogens with zero attached hydrogens (tertiary/aromatic N) is 2. The molecule has 1 aromatic carbocycles. The Kier molecular flexibility index (Phi) is 3.11. The first-order valence-electron chi connectivity index (χ1n) is 7.92. The van der Waals surface area contributed by atoms with E-state index in [1.54, 1.807) is 5.56 Å². The molecule has 21 heavy (non-hydrogen) atoms. The first-order valence-corrected chi connectivity index (χ1v) is 8.30. The third kappa shape index (κ3) is 2.20. The number of rotatable bonds is 2. The van der Waals surface area contributed by atoms with E-state index in [-0.39, 0.29) is 0 Å². The third-order valence-electron chi connectivity index (χ3n) is 5.38. The van der Waals surface area contributed by atoms with Crippen LogP contribution in [0.3, 0.4) is 0 Å². The molecule has 3 heteroatoms. The van der Waals surface area contributed by atoms with Gasteiger partial charge in [0.15, 0.2) is 0 Å². The minimum Gasteiger partial charge on any atom is -0.337 e. The largest absolute Gasteiger partial charge is 0.337 e. The zero-order valence-electron chi connectivity index (χ0n) is 12.5. The normalized spacial score (nSPS) is 27.4. The lowest BCUT2D eigenvalue weighted by atomic mass is 9.61. The molecular formula is C18H21ClN2. The van der Waals surface area contributed by atoms with Crippen molar-refractivity contribution in [2.45, 2.75) is 51.0 Å². The monoisotopic (exact) mass is 300 g/mol. The van der Waals surface area contributed by atoms with E-state index in [1.165, 1.54) is 36.8 Å². The van der Waals surface area contributed by atoms with Crippen LogP contribution in [0.15, 0.2) is 30.9 Å². The van der Waals surface area contributed by atoms with Gasteiger partial charge < -0.3 is 4.57 Å². The molecule has 2 aromatic rings. The fourth-order valence-electron chi connectivity index (χ4n) is 4.66.